The lowest BCUT2D eigenvalue weighted by molar-refractivity contribution is -0.141. The van der Waals surface area contributed by atoms with Gasteiger partial charge in [-0.2, -0.15) is 0 Å². The molecule has 16 heteroatoms. The summed E-state index contributed by atoms with van der Waals surface area (Å²) in [6.45, 7) is 5.38. The first-order chi connectivity index (χ1) is 24.1. The van der Waals surface area contributed by atoms with Crippen molar-refractivity contribution in [3.8, 4) is 0 Å². The fourth-order valence-electron chi connectivity index (χ4n) is 7.11. The van der Waals surface area contributed by atoms with Gasteiger partial charge in [-0.3, -0.25) is 24.0 Å². The predicted molar refractivity (Wildman–Crippen MR) is 183 cm³/mol. The number of nitrogens with one attached hydrogen (secondary N) is 4. The van der Waals surface area contributed by atoms with E-state index in [0.29, 0.717) is 43.2 Å². The van der Waals surface area contributed by atoms with Crippen LogP contribution < -0.4 is 20.7 Å². The third kappa shape index (κ3) is 8.31. The second kappa shape index (κ2) is 14.1. The molecule has 2 saturated carbocycles. The highest BCUT2D eigenvalue weighted by Gasteiger charge is 2.62. The monoisotopic (exact) mass is 730 g/mol. The average molecular weight is 731 g/mol. The van der Waals surface area contributed by atoms with Crippen LogP contribution in [0.2, 0.25) is 0 Å². The van der Waals surface area contributed by atoms with E-state index in [2.05, 4.69) is 20.7 Å². The molecule has 6 rings (SSSR count). The maximum Gasteiger partial charge on any atom is 0.410 e. The van der Waals surface area contributed by atoms with Gasteiger partial charge in [0.15, 0.2) is 0 Å². The molecule has 3 aliphatic heterocycles. The average Bonchev–Trinajstić information content (AvgIpc) is 3.93. The van der Waals surface area contributed by atoms with Crippen LogP contribution in [0.1, 0.15) is 89.7 Å². The molecule has 0 aromatic heterocycles. The first-order valence-corrected chi connectivity index (χ1v) is 19.3. The van der Waals surface area contributed by atoms with E-state index >= 15 is 0 Å². The van der Waals surface area contributed by atoms with Gasteiger partial charge >= 0.3 is 12.1 Å². The molecule has 0 spiro atoms. The normalized spacial score (nSPS) is 28.9. The molecule has 1 unspecified atom stereocenters. The summed E-state index contributed by atoms with van der Waals surface area (Å²) in [5, 5.41) is 7.72. The van der Waals surface area contributed by atoms with Gasteiger partial charge in [-0.25, -0.2) is 22.4 Å². The Labute approximate surface area is 297 Å². The quantitative estimate of drug-likeness (QED) is 0.334. The van der Waals surface area contributed by atoms with Crippen LogP contribution in [0, 0.1) is 11.7 Å². The van der Waals surface area contributed by atoms with Crippen molar-refractivity contribution in [1.29, 1.82) is 0 Å². The Kier molecular flexibility index (Phi) is 10.1. The van der Waals surface area contributed by atoms with Crippen LogP contribution in [0.5, 0.6) is 0 Å². The second-order valence-corrected chi connectivity index (χ2v) is 17.4. The number of hydrogen-bond acceptors (Lipinski definition) is 8. The number of ether oxygens (including phenoxy) is 1. The molecule has 5 aliphatic rings. The Bertz CT molecular complexity index is 1730. The molecule has 1 aromatic carbocycles. The molecule has 0 bridgehead atoms. The number of carbonyl (C=O) groups is 5. The first-order valence-electron chi connectivity index (χ1n) is 17.7. The maximum absolute atomic E-state index is 14.4. The molecule has 1 aromatic rings. The predicted octanol–water partition coefficient (Wildman–Crippen LogP) is 2.72. The number of urea groups is 1. The van der Waals surface area contributed by atoms with Gasteiger partial charge in [0.05, 0.1) is 18.3 Å². The summed E-state index contributed by atoms with van der Waals surface area (Å²) in [6.07, 6.45) is 6.10. The van der Waals surface area contributed by atoms with Gasteiger partial charge in [-0.15, -0.1) is 0 Å². The minimum absolute atomic E-state index is 0.00526. The number of nitrogens with zero attached hydrogens (tertiary/aromatic N) is 2. The number of amides is 6. The number of rotatable bonds is 5. The van der Waals surface area contributed by atoms with Crippen molar-refractivity contribution in [1.82, 2.24) is 30.5 Å². The zero-order valence-corrected chi connectivity index (χ0v) is 30.0. The van der Waals surface area contributed by atoms with Crippen molar-refractivity contribution >= 4 is 39.9 Å². The highest BCUT2D eigenvalue weighted by Crippen LogP contribution is 2.46. The summed E-state index contributed by atoms with van der Waals surface area (Å²) in [5.41, 5.74) is -1.08. The molecular weight excluding hydrogens is 683 g/mol. The smallest absolute Gasteiger partial charge is 0.410 e. The number of sulfonamides is 1. The summed E-state index contributed by atoms with van der Waals surface area (Å²) < 4.78 is 47.9. The van der Waals surface area contributed by atoms with Crippen molar-refractivity contribution in [2.75, 3.05) is 6.54 Å². The Morgan fingerprint density at radius 1 is 1.06 bits per heavy atom. The van der Waals surface area contributed by atoms with E-state index in [1.165, 1.54) is 15.9 Å². The summed E-state index contributed by atoms with van der Waals surface area (Å²) in [6, 6.07) is 1.84. The number of benzene rings is 1. The Morgan fingerprint density at radius 2 is 1.82 bits per heavy atom. The lowest BCUT2D eigenvalue weighted by atomic mass is 10.0. The molecule has 51 heavy (non-hydrogen) atoms. The number of halogens is 1. The summed E-state index contributed by atoms with van der Waals surface area (Å²) in [5.74, 6) is -2.99. The van der Waals surface area contributed by atoms with Gasteiger partial charge in [0, 0.05) is 30.0 Å². The van der Waals surface area contributed by atoms with Crippen LogP contribution in [0.4, 0.5) is 14.0 Å². The molecule has 3 heterocycles. The molecular formula is C35H47FN6O8S. The lowest BCUT2D eigenvalue weighted by Gasteiger charge is -2.30. The highest BCUT2D eigenvalue weighted by atomic mass is 32.2. The molecule has 6 amide bonds. The van der Waals surface area contributed by atoms with Crippen molar-refractivity contribution in [2.24, 2.45) is 5.92 Å². The fourth-order valence-corrected chi connectivity index (χ4v) is 8.47. The van der Waals surface area contributed by atoms with Gasteiger partial charge in [-0.05, 0) is 70.9 Å². The topological polar surface area (TPSA) is 183 Å². The minimum atomic E-state index is -3.91. The van der Waals surface area contributed by atoms with E-state index in [9.17, 15) is 36.8 Å². The highest BCUT2D eigenvalue weighted by molar-refractivity contribution is 7.91. The summed E-state index contributed by atoms with van der Waals surface area (Å²) in [7, 11) is -3.91. The zero-order chi connectivity index (χ0) is 36.7. The number of carbonyl (C=O) groups excluding carboxylic acids is 5. The van der Waals surface area contributed by atoms with Crippen LogP contribution in [0.3, 0.4) is 0 Å². The van der Waals surface area contributed by atoms with Gasteiger partial charge in [0.25, 0.3) is 5.91 Å². The molecule has 1 saturated heterocycles. The van der Waals surface area contributed by atoms with E-state index in [1.807, 2.05) is 12.2 Å². The molecule has 14 nitrogen and oxygen atoms in total. The van der Waals surface area contributed by atoms with Crippen LogP contribution in [0.15, 0.2) is 30.4 Å². The van der Waals surface area contributed by atoms with Crippen LogP contribution >= 0.6 is 0 Å². The maximum atomic E-state index is 14.4. The van der Waals surface area contributed by atoms with E-state index in [4.69, 9.17) is 4.74 Å². The molecule has 5 atom stereocenters. The largest absolute Gasteiger partial charge is 0.444 e. The van der Waals surface area contributed by atoms with Gasteiger partial charge in [-0.1, -0.05) is 37.1 Å². The van der Waals surface area contributed by atoms with Gasteiger partial charge in [0.1, 0.15) is 29.5 Å². The first kappa shape index (κ1) is 36.6. The zero-order valence-electron chi connectivity index (χ0n) is 29.2. The van der Waals surface area contributed by atoms with Gasteiger partial charge < -0.3 is 25.6 Å². The Balaban J connectivity index is 1.25. The molecule has 3 fully saturated rings. The van der Waals surface area contributed by atoms with Crippen LogP contribution in [0.25, 0.3) is 0 Å². The van der Waals surface area contributed by atoms with Crippen molar-refractivity contribution in [2.45, 2.75) is 126 Å². The minimum Gasteiger partial charge on any atom is -0.444 e. The third-order valence-electron chi connectivity index (χ3n) is 10.1. The van der Waals surface area contributed by atoms with Crippen LogP contribution in [-0.2, 0) is 42.2 Å². The number of hydrogen-bond donors (Lipinski definition) is 4. The van der Waals surface area contributed by atoms with Crippen molar-refractivity contribution < 1.29 is 41.5 Å². The lowest BCUT2D eigenvalue weighted by Crippen LogP contribution is -2.59. The number of allylic oxidation sites excluding steroid dienone is 1. The van der Waals surface area contributed by atoms with E-state index in [0.717, 1.165) is 12.8 Å². The molecule has 0 radical (unpaired) electrons. The standard InChI is InChI=1S/C35H47FN6O8S/c1-34(2,3)39-32(46)37-27-13-8-6-4-5-7-11-22-17-35(22,31(45)40-51(48,49)24-14-15-24)38-29(43)28-16-23(19-42(28)30(27)44)50-33(47)41-18-21-10-9-12-26(36)25(21)20-41/h7,9-12,22-24,27-28H,4-6,8,13-20H2,1-3H3,(H,38,43)(H,40,45)(H2,37,39,46)/b11-7-/t22-,23+,27-,28?,35+/m0/s1. The van der Waals surface area contributed by atoms with Crippen molar-refractivity contribution in [3.63, 3.8) is 0 Å². The van der Waals surface area contributed by atoms with E-state index in [1.54, 1.807) is 32.9 Å². The second-order valence-electron chi connectivity index (χ2n) is 15.4. The molecule has 2 aliphatic carbocycles. The van der Waals surface area contributed by atoms with E-state index < -0.39 is 86.1 Å². The number of fused-ring (bicyclic) bond motifs is 3. The molecule has 4 N–H and O–H groups in total. The fraction of sp³-hybridized carbons (Fsp3) is 0.629. The summed E-state index contributed by atoms with van der Waals surface area (Å²) >= 11 is 0. The van der Waals surface area contributed by atoms with E-state index in [-0.39, 0.29) is 32.5 Å². The molecule has 278 valence electrons. The van der Waals surface area contributed by atoms with Gasteiger partial charge in [0.2, 0.25) is 21.8 Å². The SMILES string of the molecule is CC(C)(C)NC(=O)N[C@H]1CCCCC/C=C\[C@H]2C[C@@]2(C(=O)NS(=O)(=O)C2CC2)NC(=O)C2C[C@@H](OC(=O)N3Cc4cccc(F)c4C3)CN2C1=O. The third-order valence-corrected chi connectivity index (χ3v) is 11.9. The van der Waals surface area contributed by atoms with Crippen LogP contribution in [-0.4, -0.2) is 89.1 Å². The Hall–Kier alpha value is -4.21. The Morgan fingerprint density at radius 3 is 2.53 bits per heavy atom. The summed E-state index contributed by atoms with van der Waals surface area (Å²) in [4.78, 5) is 71.0. The van der Waals surface area contributed by atoms with Crippen molar-refractivity contribution in [3.05, 3.63) is 47.3 Å².